The second-order valence-electron chi connectivity index (χ2n) is 7.08. The Hall–Kier alpha value is -2.71. The topological polar surface area (TPSA) is 92.3 Å². The first-order valence-corrected chi connectivity index (χ1v) is 12.7. The number of rotatable bonds is 6. The number of nitrogens with zero attached hydrogens (tertiary/aromatic N) is 3. The molecule has 0 atom stereocenters. The van der Waals surface area contributed by atoms with Crippen LogP contribution in [0.5, 0.6) is 0 Å². The summed E-state index contributed by atoms with van der Waals surface area (Å²) in [7, 11) is -2.65. The summed E-state index contributed by atoms with van der Waals surface area (Å²) in [5.41, 5.74) is 0.953. The summed E-state index contributed by atoms with van der Waals surface area (Å²) in [6.45, 7) is -0.132. The van der Waals surface area contributed by atoms with Crippen LogP contribution in [-0.2, 0) is 16.6 Å². The second kappa shape index (κ2) is 9.27. The Balaban J connectivity index is 1.66. The minimum absolute atomic E-state index is 0.0623. The van der Waals surface area contributed by atoms with Crippen molar-refractivity contribution < 1.29 is 22.0 Å². The summed E-state index contributed by atoms with van der Waals surface area (Å²) < 4.78 is 64.8. The third-order valence-electron chi connectivity index (χ3n) is 4.76. The van der Waals surface area contributed by atoms with Crippen LogP contribution in [0.15, 0.2) is 59.5 Å². The normalized spacial score (nSPS) is 11.5. The molecule has 0 unspecified atom stereocenters. The lowest BCUT2D eigenvalue weighted by molar-refractivity contribution is 0.0785. The molecule has 1 amide bonds. The Morgan fingerprint density at radius 3 is 2.67 bits per heavy atom. The van der Waals surface area contributed by atoms with Crippen LogP contribution in [0.2, 0.25) is 0 Å². The van der Waals surface area contributed by atoms with Crippen LogP contribution in [0.25, 0.3) is 11.0 Å². The largest absolute Gasteiger partial charge is 0.337 e. The number of carbonyl (C=O) groups is 1. The molecule has 0 bridgehead atoms. The average Bonchev–Trinajstić information content (AvgIpc) is 3.24. The average molecular weight is 600 g/mol. The van der Waals surface area contributed by atoms with E-state index in [2.05, 4.69) is 13.5 Å². The number of hydrogen-bond acceptors (Lipinski definition) is 6. The van der Waals surface area contributed by atoms with Gasteiger partial charge in [-0.1, -0.05) is 12.1 Å². The van der Waals surface area contributed by atoms with Crippen LogP contribution in [0, 0.1) is 15.2 Å². The minimum atomic E-state index is -4.10. The molecule has 4 aromatic rings. The van der Waals surface area contributed by atoms with Crippen molar-refractivity contribution in [2.24, 2.45) is 0 Å². The molecule has 0 saturated carbocycles. The van der Waals surface area contributed by atoms with Crippen LogP contribution >= 0.6 is 34.3 Å². The van der Waals surface area contributed by atoms with E-state index in [4.69, 9.17) is 0 Å². The first-order chi connectivity index (χ1) is 15.7. The predicted octanol–water partition coefficient (Wildman–Crippen LogP) is 4.65. The molecule has 0 spiro atoms. The van der Waals surface area contributed by atoms with Gasteiger partial charge in [0, 0.05) is 28.8 Å². The van der Waals surface area contributed by atoms with Gasteiger partial charge in [0.25, 0.3) is 15.9 Å². The summed E-state index contributed by atoms with van der Waals surface area (Å²) in [6.07, 6.45) is 0. The van der Waals surface area contributed by atoms with Crippen molar-refractivity contribution >= 4 is 67.0 Å². The monoisotopic (exact) mass is 600 g/mol. The highest BCUT2D eigenvalue weighted by Crippen LogP contribution is 2.27. The van der Waals surface area contributed by atoms with Gasteiger partial charge in [-0.25, -0.2) is 17.2 Å². The third kappa shape index (κ3) is 4.96. The van der Waals surface area contributed by atoms with Crippen molar-refractivity contribution in [2.75, 3.05) is 11.8 Å². The van der Waals surface area contributed by atoms with Crippen molar-refractivity contribution in [3.8, 4) is 0 Å². The molecule has 3 aromatic carbocycles. The molecular formula is C21H15F2IN4O3S2. The Bertz CT molecular complexity index is 1480. The molecule has 1 heterocycles. The molecule has 0 aliphatic heterocycles. The van der Waals surface area contributed by atoms with Gasteiger partial charge >= 0.3 is 0 Å². The van der Waals surface area contributed by atoms with Crippen LogP contribution in [0.1, 0.15) is 15.9 Å². The summed E-state index contributed by atoms with van der Waals surface area (Å²) in [5.74, 6) is -2.03. The quantitative estimate of drug-likeness (QED) is 0.326. The highest BCUT2D eigenvalue weighted by Gasteiger charge is 2.24. The van der Waals surface area contributed by atoms with Crippen molar-refractivity contribution in [3.05, 3.63) is 80.9 Å². The molecule has 170 valence electrons. The number of benzene rings is 3. The molecule has 0 fully saturated rings. The second-order valence-corrected chi connectivity index (χ2v) is 10.5. The molecule has 0 radical (unpaired) electrons. The van der Waals surface area contributed by atoms with Gasteiger partial charge in [-0.2, -0.15) is 8.75 Å². The van der Waals surface area contributed by atoms with E-state index in [1.54, 1.807) is 18.2 Å². The third-order valence-corrected chi connectivity index (χ3v) is 7.37. The number of hydrogen-bond donors (Lipinski definition) is 1. The number of halogens is 3. The maximum atomic E-state index is 14.0. The first-order valence-electron chi connectivity index (χ1n) is 9.39. The standard InChI is InChI=1S/C21H15F2IN4O3S2/c1-28(11-12-5-6-13(22)9-16(12)23)21(29)15-8-7-14(24)10-18(15)27-33(30,31)19-4-2-3-17-20(19)26-32-25-17/h2-10,27H,11H2,1H3. The van der Waals surface area contributed by atoms with E-state index < -0.39 is 27.6 Å². The maximum absolute atomic E-state index is 14.0. The van der Waals surface area contributed by atoms with E-state index >= 15 is 0 Å². The van der Waals surface area contributed by atoms with Crippen molar-refractivity contribution in [1.82, 2.24) is 13.6 Å². The zero-order chi connectivity index (χ0) is 23.8. The van der Waals surface area contributed by atoms with Gasteiger partial charge in [-0.15, -0.1) is 0 Å². The van der Waals surface area contributed by atoms with Gasteiger partial charge in [0.15, 0.2) is 0 Å². The predicted molar refractivity (Wildman–Crippen MR) is 130 cm³/mol. The molecule has 4 rings (SSSR count). The fraction of sp³-hybridized carbons (Fsp3) is 0.0952. The SMILES string of the molecule is CN(Cc1ccc(F)cc1F)C(=O)c1ccc(I)cc1NS(=O)(=O)c1cccc2nsnc12. The number of amides is 1. The number of anilines is 1. The Morgan fingerprint density at radius 2 is 1.91 bits per heavy atom. The molecule has 7 nitrogen and oxygen atoms in total. The zero-order valence-corrected chi connectivity index (χ0v) is 20.7. The number of carbonyl (C=O) groups excluding carboxylic acids is 1. The van der Waals surface area contributed by atoms with Gasteiger partial charge in [-0.3, -0.25) is 9.52 Å². The van der Waals surface area contributed by atoms with Gasteiger partial charge < -0.3 is 4.90 Å². The van der Waals surface area contributed by atoms with Crippen LogP contribution in [0.4, 0.5) is 14.5 Å². The smallest absolute Gasteiger partial charge is 0.264 e. The molecule has 1 N–H and O–H groups in total. The molecule has 0 aliphatic rings. The maximum Gasteiger partial charge on any atom is 0.264 e. The highest BCUT2D eigenvalue weighted by atomic mass is 127. The summed E-state index contributed by atoms with van der Waals surface area (Å²) in [6, 6.07) is 12.4. The van der Waals surface area contributed by atoms with Gasteiger partial charge in [-0.05, 0) is 59.0 Å². The van der Waals surface area contributed by atoms with Gasteiger partial charge in [0.2, 0.25) is 0 Å². The molecule has 0 aliphatic carbocycles. The molecule has 33 heavy (non-hydrogen) atoms. The van der Waals surface area contributed by atoms with Crippen molar-refractivity contribution in [3.63, 3.8) is 0 Å². The van der Waals surface area contributed by atoms with E-state index in [9.17, 15) is 22.0 Å². The number of fused-ring (bicyclic) bond motifs is 1. The molecular weight excluding hydrogens is 585 g/mol. The Morgan fingerprint density at radius 1 is 1.12 bits per heavy atom. The molecule has 1 aromatic heterocycles. The summed E-state index contributed by atoms with van der Waals surface area (Å²) in [4.78, 5) is 14.3. The van der Waals surface area contributed by atoms with E-state index in [0.717, 1.165) is 23.9 Å². The van der Waals surface area contributed by atoms with E-state index in [1.165, 1.54) is 36.2 Å². The first kappa shape index (κ1) is 23.4. The van der Waals surface area contributed by atoms with E-state index in [0.29, 0.717) is 9.09 Å². The molecule has 0 saturated heterocycles. The van der Waals surface area contributed by atoms with Crippen molar-refractivity contribution in [2.45, 2.75) is 11.4 Å². The lowest BCUT2D eigenvalue weighted by atomic mass is 10.1. The van der Waals surface area contributed by atoms with Gasteiger partial charge in [0.1, 0.15) is 27.6 Å². The van der Waals surface area contributed by atoms with Crippen molar-refractivity contribution in [1.29, 1.82) is 0 Å². The number of nitrogens with one attached hydrogen (secondary N) is 1. The number of aromatic nitrogens is 2. The molecule has 12 heteroatoms. The zero-order valence-electron chi connectivity index (χ0n) is 16.9. The fourth-order valence-electron chi connectivity index (χ4n) is 3.17. The van der Waals surface area contributed by atoms with Crippen LogP contribution in [0.3, 0.4) is 0 Å². The van der Waals surface area contributed by atoms with Gasteiger partial charge in [0.05, 0.1) is 23.0 Å². The highest BCUT2D eigenvalue weighted by molar-refractivity contribution is 14.1. The van der Waals surface area contributed by atoms with Crippen LogP contribution in [-0.4, -0.2) is 35.0 Å². The lowest BCUT2D eigenvalue weighted by Crippen LogP contribution is -2.28. The Labute approximate surface area is 206 Å². The number of sulfonamides is 1. The van der Waals surface area contributed by atoms with E-state index in [-0.39, 0.29) is 33.8 Å². The van der Waals surface area contributed by atoms with Crippen LogP contribution < -0.4 is 4.72 Å². The summed E-state index contributed by atoms with van der Waals surface area (Å²) >= 11 is 2.90. The summed E-state index contributed by atoms with van der Waals surface area (Å²) in [5, 5.41) is 0. The lowest BCUT2D eigenvalue weighted by Gasteiger charge is -2.20. The minimum Gasteiger partial charge on any atom is -0.337 e. The Kier molecular flexibility index (Phi) is 6.59. The van der Waals surface area contributed by atoms with E-state index in [1.807, 2.05) is 22.6 Å². The fourth-order valence-corrected chi connectivity index (χ4v) is 5.50.